The van der Waals surface area contributed by atoms with Gasteiger partial charge in [0.2, 0.25) is 0 Å². The minimum atomic E-state index is 0.566. The Kier molecular flexibility index (Phi) is 3.01. The third-order valence-corrected chi connectivity index (χ3v) is 3.77. The summed E-state index contributed by atoms with van der Waals surface area (Å²) >= 11 is 1.47. The van der Waals surface area contributed by atoms with Gasteiger partial charge in [0.25, 0.3) is 0 Å². The second kappa shape index (κ2) is 4.82. The molecule has 2 aromatic heterocycles. The Bertz CT molecular complexity index is 687. The van der Waals surface area contributed by atoms with Crippen molar-refractivity contribution in [3.63, 3.8) is 0 Å². The van der Waals surface area contributed by atoms with Gasteiger partial charge in [-0.25, -0.2) is 4.98 Å². The molecule has 4 heteroatoms. The molecule has 19 heavy (non-hydrogen) atoms. The van der Waals surface area contributed by atoms with E-state index in [9.17, 15) is 0 Å². The van der Waals surface area contributed by atoms with Crippen molar-refractivity contribution in [2.45, 2.75) is 6.92 Å². The average Bonchev–Trinajstić information content (AvgIpc) is 2.83. The number of hydrogen-bond donors (Lipinski definition) is 1. The van der Waals surface area contributed by atoms with Crippen LogP contribution < -0.4 is 5.73 Å². The van der Waals surface area contributed by atoms with E-state index in [-0.39, 0.29) is 0 Å². The number of hydrogen-bond acceptors (Lipinski definition) is 4. The maximum atomic E-state index is 5.86. The van der Waals surface area contributed by atoms with E-state index in [1.807, 2.05) is 18.2 Å². The summed E-state index contributed by atoms with van der Waals surface area (Å²) in [4.78, 5) is 9.84. The molecule has 94 valence electrons. The fourth-order valence-corrected chi connectivity index (χ4v) is 2.75. The molecule has 1 aromatic carbocycles. The first kappa shape index (κ1) is 11.9. The molecule has 0 fully saturated rings. The first-order valence-electron chi connectivity index (χ1n) is 5.99. The molecule has 0 unspecified atom stereocenters. The molecule has 3 nitrogen and oxygen atoms in total. The van der Waals surface area contributed by atoms with Gasteiger partial charge in [0.05, 0.1) is 16.3 Å². The lowest BCUT2D eigenvalue weighted by Gasteiger charge is -2.02. The Hall–Kier alpha value is -2.20. The highest BCUT2D eigenvalue weighted by Crippen LogP contribution is 2.36. The van der Waals surface area contributed by atoms with Gasteiger partial charge in [-0.1, -0.05) is 47.2 Å². The predicted molar refractivity (Wildman–Crippen MR) is 79.9 cm³/mol. The van der Waals surface area contributed by atoms with Crippen LogP contribution in [0.5, 0.6) is 0 Å². The highest BCUT2D eigenvalue weighted by atomic mass is 32.1. The van der Waals surface area contributed by atoms with Crippen LogP contribution in [0.4, 0.5) is 5.13 Å². The Morgan fingerprint density at radius 1 is 1.05 bits per heavy atom. The van der Waals surface area contributed by atoms with Crippen LogP contribution in [0.15, 0.2) is 48.7 Å². The highest BCUT2D eigenvalue weighted by Gasteiger charge is 2.14. The summed E-state index contributed by atoms with van der Waals surface area (Å²) in [5.41, 5.74) is 9.97. The number of aromatic nitrogens is 2. The molecule has 2 heterocycles. The topological polar surface area (TPSA) is 51.8 Å². The van der Waals surface area contributed by atoms with Crippen molar-refractivity contribution in [3.8, 4) is 21.8 Å². The van der Waals surface area contributed by atoms with Crippen molar-refractivity contribution in [2.75, 3.05) is 5.73 Å². The van der Waals surface area contributed by atoms with Gasteiger partial charge in [0.1, 0.15) is 0 Å². The minimum Gasteiger partial charge on any atom is -0.375 e. The zero-order chi connectivity index (χ0) is 13.2. The normalized spacial score (nSPS) is 10.6. The highest BCUT2D eigenvalue weighted by molar-refractivity contribution is 7.19. The molecule has 0 aliphatic heterocycles. The zero-order valence-electron chi connectivity index (χ0n) is 10.5. The summed E-state index contributed by atoms with van der Waals surface area (Å²) in [6.45, 7) is 2.07. The van der Waals surface area contributed by atoms with Crippen molar-refractivity contribution >= 4 is 16.5 Å². The number of nitrogens with two attached hydrogens (primary N) is 1. The average molecular weight is 267 g/mol. The van der Waals surface area contributed by atoms with Gasteiger partial charge in [-0.15, -0.1) is 0 Å². The standard InChI is InChI=1S/C15H13N3S/c1-10-5-7-11(8-6-10)13-14(19-15(16)18-13)12-4-2-3-9-17-12/h2-9H,1H3,(H2,16,18). The molecule has 0 bridgehead atoms. The summed E-state index contributed by atoms with van der Waals surface area (Å²) < 4.78 is 0. The Morgan fingerprint density at radius 2 is 1.84 bits per heavy atom. The Morgan fingerprint density at radius 3 is 2.53 bits per heavy atom. The van der Waals surface area contributed by atoms with E-state index in [0.717, 1.165) is 21.8 Å². The van der Waals surface area contributed by atoms with Gasteiger partial charge in [-0.05, 0) is 19.1 Å². The molecule has 0 atom stereocenters. The summed E-state index contributed by atoms with van der Waals surface area (Å²) in [7, 11) is 0. The number of thiazole rings is 1. The predicted octanol–water partition coefficient (Wildman–Crippen LogP) is 3.76. The van der Waals surface area contributed by atoms with Crippen LogP contribution in [0.2, 0.25) is 0 Å². The van der Waals surface area contributed by atoms with E-state index in [1.54, 1.807) is 6.20 Å². The van der Waals surface area contributed by atoms with Gasteiger partial charge in [0.15, 0.2) is 5.13 Å². The van der Waals surface area contributed by atoms with Gasteiger partial charge < -0.3 is 5.73 Å². The van der Waals surface area contributed by atoms with Crippen LogP contribution in [0.3, 0.4) is 0 Å². The van der Waals surface area contributed by atoms with Crippen LogP contribution in [-0.2, 0) is 0 Å². The van der Waals surface area contributed by atoms with Gasteiger partial charge in [-0.3, -0.25) is 4.98 Å². The van der Waals surface area contributed by atoms with E-state index >= 15 is 0 Å². The van der Waals surface area contributed by atoms with Gasteiger partial charge in [-0.2, -0.15) is 0 Å². The Balaban J connectivity index is 2.15. The number of aryl methyl sites for hydroxylation is 1. The number of pyridine rings is 1. The molecule has 0 spiro atoms. The zero-order valence-corrected chi connectivity index (χ0v) is 11.3. The van der Waals surface area contributed by atoms with E-state index < -0.39 is 0 Å². The SMILES string of the molecule is Cc1ccc(-c2nc(N)sc2-c2ccccn2)cc1. The molecular weight excluding hydrogens is 254 g/mol. The van der Waals surface area contributed by atoms with Gasteiger partial charge in [0, 0.05) is 11.8 Å². The summed E-state index contributed by atoms with van der Waals surface area (Å²) in [5.74, 6) is 0. The Labute approximate surface area is 115 Å². The first-order valence-corrected chi connectivity index (χ1v) is 6.80. The molecule has 2 N–H and O–H groups in total. The molecule has 0 saturated heterocycles. The second-order valence-corrected chi connectivity index (χ2v) is 5.34. The maximum Gasteiger partial charge on any atom is 0.181 e. The van der Waals surface area contributed by atoms with Crippen LogP contribution in [0.25, 0.3) is 21.8 Å². The van der Waals surface area contributed by atoms with E-state index in [2.05, 4.69) is 41.2 Å². The minimum absolute atomic E-state index is 0.566. The molecule has 0 aliphatic rings. The lowest BCUT2D eigenvalue weighted by atomic mass is 10.1. The fourth-order valence-electron chi connectivity index (χ4n) is 1.91. The summed E-state index contributed by atoms with van der Waals surface area (Å²) in [5, 5.41) is 0.566. The molecule has 0 radical (unpaired) electrons. The smallest absolute Gasteiger partial charge is 0.181 e. The summed E-state index contributed by atoms with van der Waals surface area (Å²) in [6.07, 6.45) is 1.78. The maximum absolute atomic E-state index is 5.86. The third kappa shape index (κ3) is 2.35. The number of nitrogens with zero attached hydrogens (tertiary/aromatic N) is 2. The summed E-state index contributed by atoms with van der Waals surface area (Å²) in [6, 6.07) is 14.1. The third-order valence-electron chi connectivity index (χ3n) is 2.87. The molecule has 0 aliphatic carbocycles. The van der Waals surface area contributed by atoms with Gasteiger partial charge >= 0.3 is 0 Å². The lowest BCUT2D eigenvalue weighted by Crippen LogP contribution is -1.85. The van der Waals surface area contributed by atoms with Crippen molar-refractivity contribution in [2.24, 2.45) is 0 Å². The molecule has 0 amide bonds. The number of nitrogen functional groups attached to an aromatic ring is 1. The largest absolute Gasteiger partial charge is 0.375 e. The monoisotopic (exact) mass is 267 g/mol. The fraction of sp³-hybridized carbons (Fsp3) is 0.0667. The number of rotatable bonds is 2. The second-order valence-electron chi connectivity index (χ2n) is 4.31. The molecule has 3 aromatic rings. The number of benzene rings is 1. The van der Waals surface area contributed by atoms with Crippen LogP contribution in [0, 0.1) is 6.92 Å². The van der Waals surface area contributed by atoms with Crippen molar-refractivity contribution in [1.82, 2.24) is 9.97 Å². The lowest BCUT2D eigenvalue weighted by molar-refractivity contribution is 1.33. The first-order chi connectivity index (χ1) is 9.24. The van der Waals surface area contributed by atoms with E-state index in [4.69, 9.17) is 5.73 Å². The van der Waals surface area contributed by atoms with E-state index in [0.29, 0.717) is 5.13 Å². The van der Waals surface area contributed by atoms with Crippen LogP contribution in [0.1, 0.15) is 5.56 Å². The van der Waals surface area contributed by atoms with Crippen molar-refractivity contribution in [3.05, 3.63) is 54.2 Å². The van der Waals surface area contributed by atoms with Crippen molar-refractivity contribution in [1.29, 1.82) is 0 Å². The molecular formula is C15H13N3S. The van der Waals surface area contributed by atoms with Crippen LogP contribution >= 0.6 is 11.3 Å². The number of anilines is 1. The molecule has 0 saturated carbocycles. The van der Waals surface area contributed by atoms with E-state index in [1.165, 1.54) is 16.9 Å². The van der Waals surface area contributed by atoms with Crippen molar-refractivity contribution < 1.29 is 0 Å². The quantitative estimate of drug-likeness (QED) is 0.769. The van der Waals surface area contributed by atoms with Crippen LogP contribution in [-0.4, -0.2) is 9.97 Å². The molecule has 3 rings (SSSR count).